The normalized spacial score (nSPS) is 25.9. The topological polar surface area (TPSA) is 84.7 Å². The van der Waals surface area contributed by atoms with Crippen molar-refractivity contribution in [3.63, 3.8) is 0 Å². The van der Waals surface area contributed by atoms with Gasteiger partial charge in [-0.2, -0.15) is 0 Å². The molecule has 0 aromatic rings. The second-order valence-electron chi connectivity index (χ2n) is 6.78. The summed E-state index contributed by atoms with van der Waals surface area (Å²) in [6.07, 6.45) is 1.53. The highest BCUT2D eigenvalue weighted by Gasteiger charge is 2.56. The highest BCUT2D eigenvalue weighted by Crippen LogP contribution is 2.39. The van der Waals surface area contributed by atoms with E-state index >= 15 is 0 Å². The highest BCUT2D eigenvalue weighted by atomic mass is 16.6. The Morgan fingerprint density at radius 3 is 2.52 bits per heavy atom. The first-order valence-corrected chi connectivity index (χ1v) is 7.80. The zero-order valence-electron chi connectivity index (χ0n) is 14.2. The molecule has 23 heavy (non-hydrogen) atoms. The molecule has 2 rings (SSSR count). The molecule has 7 nitrogen and oxygen atoms in total. The summed E-state index contributed by atoms with van der Waals surface area (Å²) >= 11 is 0. The van der Waals surface area contributed by atoms with Crippen LogP contribution in [0.4, 0.5) is 4.79 Å². The number of hydrogen-bond acceptors (Lipinski definition) is 5. The molecule has 0 aromatic carbocycles. The molecule has 0 bridgehead atoms. The average Bonchev–Trinajstić information content (AvgIpc) is 3.11. The van der Waals surface area contributed by atoms with Gasteiger partial charge in [0.2, 0.25) is 5.91 Å². The van der Waals surface area contributed by atoms with Gasteiger partial charge in [-0.3, -0.25) is 4.79 Å². The second kappa shape index (κ2) is 6.22. The van der Waals surface area contributed by atoms with Crippen molar-refractivity contribution >= 4 is 18.0 Å². The molecule has 7 heteroatoms. The van der Waals surface area contributed by atoms with Gasteiger partial charge in [0, 0.05) is 18.9 Å². The molecule has 0 saturated carbocycles. The summed E-state index contributed by atoms with van der Waals surface area (Å²) in [4.78, 5) is 37.3. The van der Waals surface area contributed by atoms with E-state index in [1.54, 1.807) is 38.7 Å². The van der Waals surface area contributed by atoms with Crippen LogP contribution in [-0.4, -0.2) is 53.2 Å². The van der Waals surface area contributed by atoms with Crippen LogP contribution < -0.4 is 5.32 Å². The smallest absolute Gasteiger partial charge is 0.407 e. The van der Waals surface area contributed by atoms with Crippen molar-refractivity contribution in [3.8, 4) is 0 Å². The fraction of sp³-hybridized carbons (Fsp3) is 0.688. The van der Waals surface area contributed by atoms with Crippen LogP contribution in [0, 0.1) is 0 Å². The van der Waals surface area contributed by atoms with E-state index in [1.165, 1.54) is 6.92 Å². The van der Waals surface area contributed by atoms with Crippen molar-refractivity contribution in [1.82, 2.24) is 10.2 Å². The summed E-state index contributed by atoms with van der Waals surface area (Å²) in [6.45, 7) is 8.82. The minimum absolute atomic E-state index is 0.0858. The van der Waals surface area contributed by atoms with Crippen molar-refractivity contribution in [2.45, 2.75) is 64.8 Å². The van der Waals surface area contributed by atoms with E-state index in [9.17, 15) is 14.4 Å². The van der Waals surface area contributed by atoms with Crippen molar-refractivity contribution in [2.75, 3.05) is 6.61 Å². The predicted molar refractivity (Wildman–Crippen MR) is 82.6 cm³/mol. The Bertz CT molecular complexity index is 549. The number of carbonyl (C=O) groups is 3. The van der Waals surface area contributed by atoms with Crippen LogP contribution in [0.2, 0.25) is 0 Å². The van der Waals surface area contributed by atoms with Crippen LogP contribution in [0.25, 0.3) is 0 Å². The summed E-state index contributed by atoms with van der Waals surface area (Å²) in [5.74, 6) is -0.491. The minimum atomic E-state index is -0.609. The number of ether oxygens (including phenoxy) is 2. The van der Waals surface area contributed by atoms with Gasteiger partial charge in [-0.25, -0.2) is 9.59 Å². The number of nitrogens with one attached hydrogen (secondary N) is 1. The molecule has 0 aromatic heterocycles. The van der Waals surface area contributed by atoms with E-state index in [2.05, 4.69) is 5.32 Å². The predicted octanol–water partition coefficient (Wildman–Crippen LogP) is 1.37. The number of alkyl carbamates (subject to hydrolysis) is 1. The molecule has 3 atom stereocenters. The Kier molecular flexibility index (Phi) is 4.68. The molecular formula is C16H24N2O5. The lowest BCUT2D eigenvalue weighted by molar-refractivity contribution is -0.138. The SMILES string of the molecule is CCOC(=O)C1=C[C@H]2[C@@H]([C@@H](NC(=O)OC(C)(C)C)C1)N2C(C)=O. The fourth-order valence-corrected chi connectivity index (χ4v) is 2.90. The third-order valence-corrected chi connectivity index (χ3v) is 3.73. The summed E-state index contributed by atoms with van der Waals surface area (Å²) in [7, 11) is 0. The fourth-order valence-electron chi connectivity index (χ4n) is 2.90. The molecule has 2 aliphatic rings. The highest BCUT2D eigenvalue weighted by molar-refractivity contribution is 5.90. The first kappa shape index (κ1) is 17.3. The van der Waals surface area contributed by atoms with Crippen LogP contribution in [0.3, 0.4) is 0 Å². The lowest BCUT2D eigenvalue weighted by atomic mass is 9.95. The van der Waals surface area contributed by atoms with E-state index in [0.717, 1.165) is 0 Å². The van der Waals surface area contributed by atoms with Gasteiger partial charge in [-0.1, -0.05) is 0 Å². The van der Waals surface area contributed by atoms with Crippen LogP contribution in [0.1, 0.15) is 41.0 Å². The van der Waals surface area contributed by atoms with Gasteiger partial charge in [0.1, 0.15) is 5.60 Å². The molecule has 1 aliphatic carbocycles. The maximum absolute atomic E-state index is 12.0. The zero-order valence-corrected chi connectivity index (χ0v) is 14.2. The molecule has 128 valence electrons. The zero-order chi connectivity index (χ0) is 17.4. The molecule has 1 aliphatic heterocycles. The Morgan fingerprint density at radius 2 is 2.00 bits per heavy atom. The van der Waals surface area contributed by atoms with Crippen LogP contribution in [-0.2, 0) is 19.1 Å². The molecule has 0 spiro atoms. The number of hydrogen-bond donors (Lipinski definition) is 1. The molecule has 0 unspecified atom stereocenters. The van der Waals surface area contributed by atoms with E-state index in [4.69, 9.17) is 9.47 Å². The Labute approximate surface area is 136 Å². The number of nitrogens with zero attached hydrogens (tertiary/aromatic N) is 1. The van der Waals surface area contributed by atoms with E-state index in [0.29, 0.717) is 12.0 Å². The van der Waals surface area contributed by atoms with Gasteiger partial charge in [0.05, 0.1) is 24.7 Å². The molecule has 1 saturated heterocycles. The summed E-state index contributed by atoms with van der Waals surface area (Å²) < 4.78 is 10.3. The van der Waals surface area contributed by atoms with Crippen LogP contribution in [0.15, 0.2) is 11.6 Å². The maximum Gasteiger partial charge on any atom is 0.407 e. The number of fused-ring (bicyclic) bond motifs is 1. The van der Waals surface area contributed by atoms with E-state index < -0.39 is 17.7 Å². The third kappa shape index (κ3) is 4.03. The lowest BCUT2D eigenvalue weighted by Crippen LogP contribution is -2.45. The first-order valence-electron chi connectivity index (χ1n) is 7.80. The van der Waals surface area contributed by atoms with Crippen LogP contribution in [0.5, 0.6) is 0 Å². The Balaban J connectivity index is 2.10. The number of carbonyl (C=O) groups excluding carboxylic acids is 3. The molecule has 2 amide bonds. The Hall–Kier alpha value is -2.05. The first-order chi connectivity index (χ1) is 10.6. The van der Waals surface area contributed by atoms with Gasteiger partial charge in [0.25, 0.3) is 0 Å². The Morgan fingerprint density at radius 1 is 1.35 bits per heavy atom. The molecule has 1 fully saturated rings. The van der Waals surface area contributed by atoms with Crippen molar-refractivity contribution < 1.29 is 23.9 Å². The lowest BCUT2D eigenvalue weighted by Gasteiger charge is -2.25. The van der Waals surface area contributed by atoms with Gasteiger partial charge in [0.15, 0.2) is 0 Å². The number of rotatable bonds is 3. The quantitative estimate of drug-likeness (QED) is 0.626. The summed E-state index contributed by atoms with van der Waals surface area (Å²) in [5, 5.41) is 2.78. The summed E-state index contributed by atoms with van der Waals surface area (Å²) in [6, 6.07) is -0.651. The monoisotopic (exact) mass is 324 g/mol. The largest absolute Gasteiger partial charge is 0.463 e. The van der Waals surface area contributed by atoms with E-state index in [-0.39, 0.29) is 30.6 Å². The minimum Gasteiger partial charge on any atom is -0.463 e. The van der Waals surface area contributed by atoms with Gasteiger partial charge in [-0.15, -0.1) is 0 Å². The molecule has 1 N–H and O–H groups in total. The standard InChI is InChI=1S/C16H24N2O5/c1-6-22-14(20)10-7-11(17-15(21)23-16(3,4)5)13-12(8-10)18(13)9(2)19/h8,11-13H,6-7H2,1-5H3,(H,17,21)/t11-,12-,13+,18?/m0/s1. The van der Waals surface area contributed by atoms with Gasteiger partial charge in [-0.05, 0) is 33.8 Å². The molecule has 1 heterocycles. The number of amides is 2. The van der Waals surface area contributed by atoms with Crippen molar-refractivity contribution in [1.29, 1.82) is 0 Å². The maximum atomic E-state index is 12.0. The van der Waals surface area contributed by atoms with Gasteiger partial charge < -0.3 is 19.7 Å². The molecule has 0 radical (unpaired) electrons. The average molecular weight is 324 g/mol. The molecular weight excluding hydrogens is 300 g/mol. The number of esters is 1. The van der Waals surface area contributed by atoms with Crippen molar-refractivity contribution in [3.05, 3.63) is 11.6 Å². The van der Waals surface area contributed by atoms with E-state index in [1.807, 2.05) is 0 Å². The summed E-state index contributed by atoms with van der Waals surface area (Å²) in [5.41, 5.74) is -0.125. The second-order valence-corrected chi connectivity index (χ2v) is 6.78. The third-order valence-electron chi connectivity index (χ3n) is 3.73. The van der Waals surface area contributed by atoms with Gasteiger partial charge >= 0.3 is 12.1 Å². The van der Waals surface area contributed by atoms with Crippen LogP contribution >= 0.6 is 0 Å². The van der Waals surface area contributed by atoms with Crippen molar-refractivity contribution in [2.24, 2.45) is 0 Å².